The van der Waals surface area contributed by atoms with Gasteiger partial charge in [0, 0.05) is 18.8 Å². The van der Waals surface area contributed by atoms with Crippen LogP contribution in [0.5, 0.6) is 0 Å². The molecule has 0 aromatic heterocycles. The lowest BCUT2D eigenvalue weighted by molar-refractivity contribution is 0.0578. The van der Waals surface area contributed by atoms with Gasteiger partial charge in [0.2, 0.25) is 0 Å². The first-order chi connectivity index (χ1) is 10.6. The number of amides is 1. The molecule has 1 aromatic rings. The predicted octanol–water partition coefficient (Wildman–Crippen LogP) is 4.83. The molecule has 1 amide bonds. The van der Waals surface area contributed by atoms with E-state index in [1.54, 1.807) is 4.90 Å². The Morgan fingerprint density at radius 3 is 2.52 bits per heavy atom. The maximum Gasteiger partial charge on any atom is 0.414 e. The van der Waals surface area contributed by atoms with E-state index in [0.717, 1.165) is 30.8 Å². The van der Waals surface area contributed by atoms with Crippen LogP contribution in [0, 0.1) is 5.41 Å². The molecule has 0 atom stereocenters. The molecule has 0 bridgehead atoms. The molecular weight excluding hydrogens is 288 g/mol. The molecule has 4 nitrogen and oxygen atoms in total. The third-order valence-corrected chi connectivity index (χ3v) is 3.64. The van der Waals surface area contributed by atoms with Gasteiger partial charge >= 0.3 is 6.09 Å². The third kappa shape index (κ3) is 5.15. The average Bonchev–Trinajstić information content (AvgIpc) is 2.41. The lowest BCUT2D eigenvalue weighted by Gasteiger charge is -2.32. The summed E-state index contributed by atoms with van der Waals surface area (Å²) < 4.78 is 5.55. The van der Waals surface area contributed by atoms with Crippen molar-refractivity contribution in [3.63, 3.8) is 0 Å². The van der Waals surface area contributed by atoms with Crippen LogP contribution < -0.4 is 10.2 Å². The van der Waals surface area contributed by atoms with Gasteiger partial charge in [0.25, 0.3) is 0 Å². The van der Waals surface area contributed by atoms with E-state index in [-0.39, 0.29) is 11.5 Å². The molecule has 0 radical (unpaired) electrons. The summed E-state index contributed by atoms with van der Waals surface area (Å²) in [7, 11) is 0. The van der Waals surface area contributed by atoms with E-state index in [9.17, 15) is 4.79 Å². The fourth-order valence-electron chi connectivity index (χ4n) is 2.56. The molecule has 0 unspecified atom stereocenters. The maximum absolute atomic E-state index is 12.5. The summed E-state index contributed by atoms with van der Waals surface area (Å²) >= 11 is 0. The fraction of sp³-hybridized carbons (Fsp3) is 0.632. The number of benzene rings is 1. The van der Waals surface area contributed by atoms with E-state index in [4.69, 9.17) is 4.74 Å². The summed E-state index contributed by atoms with van der Waals surface area (Å²) in [6.07, 6.45) is 1.72. The molecule has 0 aliphatic carbocycles. The molecule has 0 spiro atoms. The van der Waals surface area contributed by atoms with E-state index in [2.05, 4.69) is 44.3 Å². The average molecular weight is 318 g/mol. The Bertz CT molecular complexity index is 568. The molecule has 1 aliphatic rings. The number of carbonyl (C=O) groups excluding carboxylic acids is 1. The summed E-state index contributed by atoms with van der Waals surface area (Å²) in [5.41, 5.74) is 2.97. The van der Waals surface area contributed by atoms with E-state index in [0.29, 0.717) is 6.54 Å². The number of nitrogens with zero attached hydrogens (tertiary/aromatic N) is 1. The number of nitrogens with one attached hydrogen (secondary N) is 1. The first kappa shape index (κ1) is 17.6. The van der Waals surface area contributed by atoms with Crippen molar-refractivity contribution >= 4 is 17.5 Å². The second-order valence-electron chi connectivity index (χ2n) is 8.49. The summed E-state index contributed by atoms with van der Waals surface area (Å²) in [6.45, 7) is 13.9. The van der Waals surface area contributed by atoms with Gasteiger partial charge in [0.1, 0.15) is 5.60 Å². The molecule has 128 valence electrons. The van der Waals surface area contributed by atoms with Gasteiger partial charge in [-0.1, -0.05) is 26.8 Å². The number of carbonyl (C=O) groups is 1. The molecule has 1 N–H and O–H groups in total. The van der Waals surface area contributed by atoms with Gasteiger partial charge in [-0.15, -0.1) is 0 Å². The highest BCUT2D eigenvalue weighted by atomic mass is 16.6. The normalized spacial score (nSPS) is 15.1. The second kappa shape index (κ2) is 6.42. The summed E-state index contributed by atoms with van der Waals surface area (Å²) in [4.78, 5) is 14.3. The molecule has 1 aromatic carbocycles. The van der Waals surface area contributed by atoms with Crippen LogP contribution in [-0.2, 0) is 11.2 Å². The molecule has 0 fully saturated rings. The number of hydrogen-bond donors (Lipinski definition) is 1. The third-order valence-electron chi connectivity index (χ3n) is 3.64. The zero-order chi connectivity index (χ0) is 17.3. The van der Waals surface area contributed by atoms with Crippen molar-refractivity contribution in [2.45, 2.75) is 60.0 Å². The van der Waals surface area contributed by atoms with Crippen molar-refractivity contribution in [3.05, 3.63) is 23.8 Å². The maximum atomic E-state index is 12.5. The number of hydrogen-bond acceptors (Lipinski definition) is 3. The summed E-state index contributed by atoms with van der Waals surface area (Å²) in [5.74, 6) is 0. The van der Waals surface area contributed by atoms with Crippen molar-refractivity contribution in [2.75, 3.05) is 23.3 Å². The predicted molar refractivity (Wildman–Crippen MR) is 96.3 cm³/mol. The van der Waals surface area contributed by atoms with Gasteiger partial charge in [0.05, 0.1) is 5.69 Å². The summed E-state index contributed by atoms with van der Waals surface area (Å²) in [6, 6.07) is 6.30. The van der Waals surface area contributed by atoms with E-state index >= 15 is 0 Å². The molecule has 0 saturated heterocycles. The Balaban J connectivity index is 2.20. The smallest absolute Gasteiger partial charge is 0.414 e. The molecular formula is C19H30N2O2. The minimum absolute atomic E-state index is 0.209. The van der Waals surface area contributed by atoms with Gasteiger partial charge in [-0.05, 0) is 56.7 Å². The molecule has 0 saturated carbocycles. The quantitative estimate of drug-likeness (QED) is 0.849. The van der Waals surface area contributed by atoms with Gasteiger partial charge < -0.3 is 10.1 Å². The molecule has 2 rings (SSSR count). The Kier molecular flexibility index (Phi) is 4.92. The summed E-state index contributed by atoms with van der Waals surface area (Å²) in [5, 5.41) is 3.46. The highest BCUT2D eigenvalue weighted by Crippen LogP contribution is 2.31. The van der Waals surface area contributed by atoms with Crippen LogP contribution in [0.2, 0.25) is 0 Å². The van der Waals surface area contributed by atoms with Crippen LogP contribution in [-0.4, -0.2) is 24.8 Å². The molecule has 1 heterocycles. The zero-order valence-electron chi connectivity index (χ0n) is 15.3. The number of anilines is 2. The first-order valence-electron chi connectivity index (χ1n) is 8.42. The van der Waals surface area contributed by atoms with E-state index in [1.165, 1.54) is 5.56 Å². The first-order valence-corrected chi connectivity index (χ1v) is 8.42. The fourth-order valence-corrected chi connectivity index (χ4v) is 2.56. The standard InChI is InChI=1S/C19H30N2O2/c1-18(2,3)13-20-15-10-9-14-8-7-11-21(16(14)12-15)17(22)23-19(4,5)6/h9-10,12,20H,7-8,11,13H2,1-6H3. The largest absolute Gasteiger partial charge is 0.443 e. The highest BCUT2D eigenvalue weighted by Gasteiger charge is 2.27. The number of fused-ring (bicyclic) bond motifs is 1. The molecule has 1 aliphatic heterocycles. The van der Waals surface area contributed by atoms with Crippen LogP contribution in [0.4, 0.5) is 16.2 Å². The van der Waals surface area contributed by atoms with Crippen molar-refractivity contribution in [1.29, 1.82) is 0 Å². The lowest BCUT2D eigenvalue weighted by Crippen LogP contribution is -2.39. The molecule has 4 heteroatoms. The topological polar surface area (TPSA) is 41.6 Å². The van der Waals surface area contributed by atoms with Gasteiger partial charge in [-0.2, -0.15) is 0 Å². The van der Waals surface area contributed by atoms with Gasteiger partial charge in [-0.25, -0.2) is 4.79 Å². The zero-order valence-corrected chi connectivity index (χ0v) is 15.3. The Labute approximate surface area is 140 Å². The van der Waals surface area contributed by atoms with Crippen molar-refractivity contribution in [2.24, 2.45) is 5.41 Å². The van der Waals surface area contributed by atoms with Gasteiger partial charge in [-0.3, -0.25) is 4.90 Å². The minimum atomic E-state index is -0.475. The second-order valence-corrected chi connectivity index (χ2v) is 8.49. The van der Waals surface area contributed by atoms with Crippen LogP contribution in [0.15, 0.2) is 18.2 Å². The lowest BCUT2D eigenvalue weighted by atomic mass is 9.96. The number of ether oxygens (including phenoxy) is 1. The van der Waals surface area contributed by atoms with Crippen LogP contribution in [0.25, 0.3) is 0 Å². The van der Waals surface area contributed by atoms with Crippen LogP contribution >= 0.6 is 0 Å². The van der Waals surface area contributed by atoms with E-state index < -0.39 is 5.60 Å². The van der Waals surface area contributed by atoms with Crippen LogP contribution in [0.3, 0.4) is 0 Å². The monoisotopic (exact) mass is 318 g/mol. The van der Waals surface area contributed by atoms with E-state index in [1.807, 2.05) is 20.8 Å². The van der Waals surface area contributed by atoms with Gasteiger partial charge in [0.15, 0.2) is 0 Å². The number of aryl methyl sites for hydroxylation is 1. The Morgan fingerprint density at radius 1 is 1.22 bits per heavy atom. The Morgan fingerprint density at radius 2 is 1.91 bits per heavy atom. The van der Waals surface area contributed by atoms with Crippen molar-refractivity contribution in [1.82, 2.24) is 0 Å². The molecule has 23 heavy (non-hydrogen) atoms. The van der Waals surface area contributed by atoms with Crippen molar-refractivity contribution < 1.29 is 9.53 Å². The highest BCUT2D eigenvalue weighted by molar-refractivity contribution is 5.90. The minimum Gasteiger partial charge on any atom is -0.443 e. The Hall–Kier alpha value is -1.71. The van der Waals surface area contributed by atoms with Crippen LogP contribution in [0.1, 0.15) is 53.5 Å². The SMILES string of the molecule is CC(C)(C)CNc1ccc2c(c1)N(C(=O)OC(C)(C)C)CCC2. The number of rotatable bonds is 2. The van der Waals surface area contributed by atoms with Crippen molar-refractivity contribution in [3.8, 4) is 0 Å².